The van der Waals surface area contributed by atoms with Crippen molar-refractivity contribution in [2.45, 2.75) is 13.5 Å². The molecule has 1 aliphatic rings. The van der Waals surface area contributed by atoms with Gasteiger partial charge in [-0.05, 0) is 110 Å². The molecule has 0 radical (unpaired) electrons. The maximum Gasteiger partial charge on any atom is 0.336 e. The molecule has 1 saturated heterocycles. The topological polar surface area (TPSA) is 79.2 Å². The van der Waals surface area contributed by atoms with Crippen LogP contribution in [0, 0.1) is 12.7 Å². The molecule has 0 aliphatic carbocycles. The Kier molecular flexibility index (Phi) is 7.97. The summed E-state index contributed by atoms with van der Waals surface area (Å²) in [7, 11) is 1.63. The Hall–Kier alpha value is -2.95. The molecule has 1 aliphatic heterocycles. The second-order valence-corrected chi connectivity index (χ2v) is 10.6. The summed E-state index contributed by atoms with van der Waals surface area (Å²) >= 11 is 8.23. The molecule has 3 aromatic rings. The fraction of sp³-hybridized carbons (Fsp3) is 0.115. The number of nitrogens with zero attached hydrogens (tertiary/aromatic N) is 2. The van der Waals surface area contributed by atoms with Crippen LogP contribution in [0.2, 0.25) is 0 Å². The van der Waals surface area contributed by atoms with Crippen molar-refractivity contribution in [2.24, 2.45) is 4.99 Å². The molecular weight excluding hydrogens is 615 g/mol. The van der Waals surface area contributed by atoms with Crippen LogP contribution in [0.4, 0.5) is 10.1 Å². The molecule has 36 heavy (non-hydrogen) atoms. The molecule has 6 nitrogen and oxygen atoms in total. The van der Waals surface area contributed by atoms with Gasteiger partial charge in [0.25, 0.3) is 5.91 Å². The highest BCUT2D eigenvalue weighted by atomic mass is 79.9. The summed E-state index contributed by atoms with van der Waals surface area (Å²) in [6.07, 6.45) is 1.75. The van der Waals surface area contributed by atoms with Gasteiger partial charge in [0.1, 0.15) is 18.2 Å². The van der Waals surface area contributed by atoms with Crippen LogP contribution in [-0.2, 0) is 11.4 Å². The SMILES string of the molecule is Cc1c(N=C2S/C(=C\c3cc(Br)c(OCc4cccc(F)c4)c(Br)c3)C(=O)N2C)cccc1C(=O)O. The fourth-order valence-electron chi connectivity index (χ4n) is 3.47. The summed E-state index contributed by atoms with van der Waals surface area (Å²) in [5.41, 5.74) is 2.63. The van der Waals surface area contributed by atoms with E-state index >= 15 is 0 Å². The molecule has 1 amide bonds. The van der Waals surface area contributed by atoms with Crippen LogP contribution in [0.25, 0.3) is 6.08 Å². The summed E-state index contributed by atoms with van der Waals surface area (Å²) in [6, 6.07) is 14.7. The van der Waals surface area contributed by atoms with E-state index in [0.717, 1.165) is 5.56 Å². The third-order valence-electron chi connectivity index (χ3n) is 5.35. The summed E-state index contributed by atoms with van der Waals surface area (Å²) in [6.45, 7) is 1.88. The first-order valence-corrected chi connectivity index (χ1v) is 13.0. The average Bonchev–Trinajstić information content (AvgIpc) is 3.07. The number of rotatable bonds is 6. The Morgan fingerprint density at radius 2 is 1.86 bits per heavy atom. The van der Waals surface area contributed by atoms with Crippen LogP contribution in [0.1, 0.15) is 27.0 Å². The first-order valence-electron chi connectivity index (χ1n) is 10.6. The van der Waals surface area contributed by atoms with E-state index in [1.807, 2.05) is 12.1 Å². The van der Waals surface area contributed by atoms with E-state index in [4.69, 9.17) is 4.74 Å². The number of aromatic carboxylic acids is 1. The summed E-state index contributed by atoms with van der Waals surface area (Å²) < 4.78 is 20.6. The maximum atomic E-state index is 13.4. The second kappa shape index (κ2) is 11.0. The number of amides is 1. The third kappa shape index (κ3) is 5.71. The third-order valence-corrected chi connectivity index (χ3v) is 7.58. The largest absolute Gasteiger partial charge is 0.487 e. The summed E-state index contributed by atoms with van der Waals surface area (Å²) in [5.74, 6) is -1.02. The van der Waals surface area contributed by atoms with Crippen LogP contribution in [-0.4, -0.2) is 34.1 Å². The van der Waals surface area contributed by atoms with E-state index in [1.165, 1.54) is 34.9 Å². The monoisotopic (exact) mass is 632 g/mol. The van der Waals surface area contributed by atoms with Crippen molar-refractivity contribution in [3.8, 4) is 5.75 Å². The number of ether oxygens (including phenoxy) is 1. The quantitative estimate of drug-likeness (QED) is 0.291. The van der Waals surface area contributed by atoms with Crippen molar-refractivity contribution in [1.82, 2.24) is 4.90 Å². The van der Waals surface area contributed by atoms with Crippen LogP contribution < -0.4 is 4.74 Å². The maximum absolute atomic E-state index is 13.4. The minimum atomic E-state index is -1.03. The lowest BCUT2D eigenvalue weighted by atomic mass is 10.1. The highest BCUT2D eigenvalue weighted by Gasteiger charge is 2.30. The number of halogens is 3. The van der Waals surface area contributed by atoms with Gasteiger partial charge < -0.3 is 9.84 Å². The highest BCUT2D eigenvalue weighted by molar-refractivity contribution is 9.11. The standard InChI is InChI=1S/C26H19Br2FN2O4S/c1-14-18(25(33)34)7-4-8-21(14)30-26-31(2)24(32)22(36-26)12-16-10-19(27)23(20(28)11-16)35-13-15-5-3-6-17(29)9-15/h3-12H,13H2,1-2H3,(H,33,34)/b22-12-,30-26?. The number of likely N-dealkylation sites (N-methyl/N-ethyl adjacent to an activating group) is 1. The minimum Gasteiger partial charge on any atom is -0.487 e. The number of thioether (sulfide) groups is 1. The fourth-order valence-corrected chi connectivity index (χ4v) is 5.90. The van der Waals surface area contributed by atoms with E-state index in [9.17, 15) is 19.1 Å². The van der Waals surface area contributed by atoms with Gasteiger partial charge in [0.2, 0.25) is 0 Å². The lowest BCUT2D eigenvalue weighted by Gasteiger charge is -2.12. The van der Waals surface area contributed by atoms with Crippen LogP contribution in [0.5, 0.6) is 5.75 Å². The molecule has 0 spiro atoms. The molecule has 0 unspecified atom stereocenters. The number of aliphatic imine (C=N–C) groups is 1. The average molecular weight is 634 g/mol. The minimum absolute atomic E-state index is 0.166. The normalized spacial score (nSPS) is 15.7. The van der Waals surface area contributed by atoms with Crippen LogP contribution in [0.15, 0.2) is 73.4 Å². The smallest absolute Gasteiger partial charge is 0.336 e. The number of carboxylic acid groups (broad SMARTS) is 1. The molecule has 1 heterocycles. The van der Waals surface area contributed by atoms with E-state index < -0.39 is 5.97 Å². The van der Waals surface area contributed by atoms with Gasteiger partial charge in [-0.15, -0.1) is 0 Å². The van der Waals surface area contributed by atoms with Crippen molar-refractivity contribution >= 4 is 72.4 Å². The Morgan fingerprint density at radius 3 is 2.53 bits per heavy atom. The van der Waals surface area contributed by atoms with Gasteiger partial charge in [-0.2, -0.15) is 0 Å². The molecule has 1 N–H and O–H groups in total. The highest BCUT2D eigenvalue weighted by Crippen LogP contribution is 2.38. The zero-order valence-corrected chi connectivity index (χ0v) is 23.1. The molecule has 1 fully saturated rings. The van der Waals surface area contributed by atoms with Crippen LogP contribution in [0.3, 0.4) is 0 Å². The number of hydrogen-bond acceptors (Lipinski definition) is 5. The number of benzene rings is 3. The van der Waals surface area contributed by atoms with Crippen molar-refractivity contribution < 1.29 is 23.8 Å². The lowest BCUT2D eigenvalue weighted by molar-refractivity contribution is -0.121. The predicted molar refractivity (Wildman–Crippen MR) is 146 cm³/mol. The van der Waals surface area contributed by atoms with E-state index in [-0.39, 0.29) is 23.9 Å². The van der Waals surface area contributed by atoms with E-state index in [1.54, 1.807) is 44.3 Å². The molecule has 3 aromatic carbocycles. The first kappa shape index (κ1) is 26.1. The van der Waals surface area contributed by atoms with Gasteiger partial charge in [-0.1, -0.05) is 18.2 Å². The van der Waals surface area contributed by atoms with Crippen molar-refractivity contribution in [1.29, 1.82) is 0 Å². The van der Waals surface area contributed by atoms with Gasteiger partial charge in [0, 0.05) is 7.05 Å². The van der Waals surface area contributed by atoms with Gasteiger partial charge in [0.15, 0.2) is 5.17 Å². The molecule has 0 saturated carbocycles. The van der Waals surface area contributed by atoms with Gasteiger partial charge in [0.05, 0.1) is 25.1 Å². The van der Waals surface area contributed by atoms with Crippen LogP contribution >= 0.6 is 43.6 Å². The number of amidine groups is 1. The van der Waals surface area contributed by atoms with Crippen molar-refractivity contribution in [3.63, 3.8) is 0 Å². The molecular formula is C26H19Br2FN2O4S. The molecule has 0 atom stereocenters. The number of carbonyl (C=O) groups is 2. The first-order chi connectivity index (χ1) is 17.1. The number of carboxylic acids is 1. The Bertz CT molecular complexity index is 1420. The zero-order chi connectivity index (χ0) is 26.0. The van der Waals surface area contributed by atoms with Gasteiger partial charge in [-0.3, -0.25) is 9.69 Å². The molecule has 10 heteroatoms. The zero-order valence-electron chi connectivity index (χ0n) is 19.1. The second-order valence-electron chi connectivity index (χ2n) is 7.86. The molecule has 4 rings (SSSR count). The van der Waals surface area contributed by atoms with Gasteiger partial charge >= 0.3 is 5.97 Å². The lowest BCUT2D eigenvalue weighted by Crippen LogP contribution is -2.23. The summed E-state index contributed by atoms with van der Waals surface area (Å²) in [5, 5.41) is 9.81. The molecule has 0 bridgehead atoms. The van der Waals surface area contributed by atoms with E-state index in [0.29, 0.717) is 41.6 Å². The Morgan fingerprint density at radius 1 is 1.17 bits per heavy atom. The Labute approximate surface area is 228 Å². The van der Waals surface area contributed by atoms with Gasteiger partial charge in [-0.25, -0.2) is 14.2 Å². The number of carbonyl (C=O) groups excluding carboxylic acids is 1. The molecule has 184 valence electrons. The Balaban J connectivity index is 1.57. The predicted octanol–water partition coefficient (Wildman–Crippen LogP) is 7.17. The van der Waals surface area contributed by atoms with E-state index in [2.05, 4.69) is 36.9 Å². The van der Waals surface area contributed by atoms with Crippen molar-refractivity contribution in [2.75, 3.05) is 7.05 Å². The molecule has 0 aromatic heterocycles. The van der Waals surface area contributed by atoms with Crippen molar-refractivity contribution in [3.05, 3.63) is 96.5 Å². The summed E-state index contributed by atoms with van der Waals surface area (Å²) in [4.78, 5) is 30.8. The number of hydrogen-bond donors (Lipinski definition) is 1.